The van der Waals surface area contributed by atoms with E-state index in [0.717, 1.165) is 0 Å². The number of carbonyl (C=O) groups is 4. The van der Waals surface area contributed by atoms with Crippen molar-refractivity contribution in [3.05, 3.63) is 0 Å². The summed E-state index contributed by atoms with van der Waals surface area (Å²) in [6, 6.07) is 0. The Hall–Kier alpha value is -1.92. The zero-order chi connectivity index (χ0) is 12.7. The molecular formula is C9H12O7. The summed E-state index contributed by atoms with van der Waals surface area (Å²) in [4.78, 5) is 42.3. The first-order valence-corrected chi connectivity index (χ1v) is 4.51. The molecule has 0 rings (SSSR count). The highest BCUT2D eigenvalue weighted by Crippen LogP contribution is 2.13. The van der Waals surface area contributed by atoms with Crippen LogP contribution in [0.5, 0.6) is 0 Å². The number of carboxylic acid groups (broad SMARTS) is 3. The molecule has 0 aromatic heterocycles. The fraction of sp³-hybridized carbons (Fsp3) is 0.556. The molecule has 0 heterocycles. The lowest BCUT2D eigenvalue weighted by Gasteiger charge is -2.10. The molecule has 0 bridgehead atoms. The van der Waals surface area contributed by atoms with Gasteiger partial charge in [-0.2, -0.15) is 0 Å². The van der Waals surface area contributed by atoms with Crippen LogP contribution in [0.15, 0.2) is 0 Å². The lowest BCUT2D eigenvalue weighted by atomic mass is 9.93. The van der Waals surface area contributed by atoms with Crippen molar-refractivity contribution in [3.8, 4) is 0 Å². The Bertz CT molecular complexity index is 291. The summed E-state index contributed by atoms with van der Waals surface area (Å²) in [5, 5.41) is 25.2. The second-order valence-electron chi connectivity index (χ2n) is 3.25. The van der Waals surface area contributed by atoms with Crippen molar-refractivity contribution in [2.24, 2.45) is 5.92 Å². The van der Waals surface area contributed by atoms with Crippen LogP contribution < -0.4 is 0 Å². The third kappa shape index (κ3) is 6.52. The summed E-state index contributed by atoms with van der Waals surface area (Å²) < 4.78 is 0. The molecular weight excluding hydrogens is 220 g/mol. The number of aliphatic carboxylic acids is 3. The number of ketones is 1. The SMILES string of the molecule is O=C(O)CCC(=O)C(CC(=O)O)CC(=O)O. The monoisotopic (exact) mass is 232 g/mol. The highest BCUT2D eigenvalue weighted by molar-refractivity contribution is 5.89. The minimum Gasteiger partial charge on any atom is -0.481 e. The van der Waals surface area contributed by atoms with Gasteiger partial charge in [0.1, 0.15) is 5.78 Å². The predicted molar refractivity (Wildman–Crippen MR) is 49.9 cm³/mol. The van der Waals surface area contributed by atoms with E-state index in [0.29, 0.717) is 0 Å². The average molecular weight is 232 g/mol. The highest BCUT2D eigenvalue weighted by atomic mass is 16.4. The Morgan fingerprint density at radius 3 is 1.50 bits per heavy atom. The average Bonchev–Trinajstić information content (AvgIpc) is 2.11. The van der Waals surface area contributed by atoms with Gasteiger partial charge in [0.15, 0.2) is 0 Å². The molecule has 0 amide bonds. The minimum atomic E-state index is -1.28. The number of hydrogen-bond acceptors (Lipinski definition) is 4. The van der Waals surface area contributed by atoms with Gasteiger partial charge in [0, 0.05) is 12.3 Å². The molecule has 90 valence electrons. The van der Waals surface area contributed by atoms with E-state index in [4.69, 9.17) is 15.3 Å². The smallest absolute Gasteiger partial charge is 0.304 e. The zero-order valence-electron chi connectivity index (χ0n) is 8.38. The summed E-state index contributed by atoms with van der Waals surface area (Å²) in [6.45, 7) is 0. The molecule has 7 nitrogen and oxygen atoms in total. The molecule has 0 aromatic carbocycles. The number of hydrogen-bond donors (Lipinski definition) is 3. The fourth-order valence-electron chi connectivity index (χ4n) is 1.16. The number of rotatable bonds is 8. The molecule has 0 saturated heterocycles. The quantitative estimate of drug-likeness (QED) is 0.536. The van der Waals surface area contributed by atoms with Crippen molar-refractivity contribution in [3.63, 3.8) is 0 Å². The fourth-order valence-corrected chi connectivity index (χ4v) is 1.16. The minimum absolute atomic E-state index is 0.347. The predicted octanol–water partition coefficient (Wildman–Crippen LogP) is -0.0141. The van der Waals surface area contributed by atoms with E-state index in [1.54, 1.807) is 0 Å². The molecule has 0 spiro atoms. The Morgan fingerprint density at radius 2 is 1.19 bits per heavy atom. The molecule has 0 unspecified atom stereocenters. The van der Waals surface area contributed by atoms with Gasteiger partial charge in [-0.15, -0.1) is 0 Å². The molecule has 0 fully saturated rings. The Labute approximate surface area is 90.7 Å². The van der Waals surface area contributed by atoms with Crippen LogP contribution in [0, 0.1) is 5.92 Å². The van der Waals surface area contributed by atoms with Gasteiger partial charge < -0.3 is 15.3 Å². The summed E-state index contributed by atoms with van der Waals surface area (Å²) in [7, 11) is 0. The summed E-state index contributed by atoms with van der Waals surface area (Å²) in [5.74, 6) is -5.55. The molecule has 0 aromatic rings. The van der Waals surface area contributed by atoms with Gasteiger partial charge in [-0.05, 0) is 0 Å². The first kappa shape index (κ1) is 14.1. The van der Waals surface area contributed by atoms with Crippen LogP contribution in [0.4, 0.5) is 0 Å². The van der Waals surface area contributed by atoms with Gasteiger partial charge in [-0.1, -0.05) is 0 Å². The molecule has 0 radical (unpaired) electrons. The maximum atomic E-state index is 11.3. The maximum absolute atomic E-state index is 11.3. The summed E-state index contributed by atoms with van der Waals surface area (Å²) in [6.07, 6.45) is -1.95. The first-order valence-electron chi connectivity index (χ1n) is 4.51. The molecule has 7 heteroatoms. The number of carbonyl (C=O) groups excluding carboxylic acids is 1. The normalized spacial score (nSPS) is 10.1. The molecule has 0 aliphatic carbocycles. The van der Waals surface area contributed by atoms with Crippen LogP contribution in [-0.4, -0.2) is 39.0 Å². The van der Waals surface area contributed by atoms with Gasteiger partial charge in [0.2, 0.25) is 0 Å². The van der Waals surface area contributed by atoms with Gasteiger partial charge >= 0.3 is 17.9 Å². The van der Waals surface area contributed by atoms with Crippen LogP contribution in [0.2, 0.25) is 0 Å². The largest absolute Gasteiger partial charge is 0.481 e. The van der Waals surface area contributed by atoms with Gasteiger partial charge in [0.05, 0.1) is 19.3 Å². The highest BCUT2D eigenvalue weighted by Gasteiger charge is 2.24. The van der Waals surface area contributed by atoms with E-state index >= 15 is 0 Å². The van der Waals surface area contributed by atoms with Gasteiger partial charge in [-0.3, -0.25) is 19.2 Å². The van der Waals surface area contributed by atoms with Crippen LogP contribution in [-0.2, 0) is 19.2 Å². The lowest BCUT2D eigenvalue weighted by molar-refractivity contribution is -0.144. The molecule has 0 saturated carbocycles. The second-order valence-corrected chi connectivity index (χ2v) is 3.25. The zero-order valence-corrected chi connectivity index (χ0v) is 8.38. The third-order valence-corrected chi connectivity index (χ3v) is 1.88. The van der Waals surface area contributed by atoms with Crippen molar-refractivity contribution in [2.75, 3.05) is 0 Å². The van der Waals surface area contributed by atoms with E-state index in [9.17, 15) is 19.2 Å². The van der Waals surface area contributed by atoms with Crippen molar-refractivity contribution in [1.29, 1.82) is 0 Å². The second kappa shape index (κ2) is 6.54. The third-order valence-electron chi connectivity index (χ3n) is 1.88. The van der Waals surface area contributed by atoms with Gasteiger partial charge in [0.25, 0.3) is 0 Å². The van der Waals surface area contributed by atoms with E-state index in [-0.39, 0.29) is 6.42 Å². The van der Waals surface area contributed by atoms with Crippen LogP contribution in [0.1, 0.15) is 25.7 Å². The van der Waals surface area contributed by atoms with Crippen LogP contribution in [0.3, 0.4) is 0 Å². The number of carboxylic acids is 3. The van der Waals surface area contributed by atoms with Crippen molar-refractivity contribution < 1.29 is 34.5 Å². The van der Waals surface area contributed by atoms with Crippen LogP contribution >= 0.6 is 0 Å². The van der Waals surface area contributed by atoms with Crippen molar-refractivity contribution in [2.45, 2.75) is 25.7 Å². The standard InChI is InChI=1S/C9H12O7/c10-6(1-2-7(11)12)5(3-8(13)14)4-9(15)16/h5H,1-4H2,(H,11,12)(H,13,14)(H,15,16). The molecule has 3 N–H and O–H groups in total. The summed E-state index contributed by atoms with van der Waals surface area (Å²) in [5.41, 5.74) is 0. The Kier molecular flexibility index (Phi) is 5.76. The Balaban J connectivity index is 4.36. The number of Topliss-reactive ketones (excluding diaryl/α,β-unsaturated/α-hetero) is 1. The maximum Gasteiger partial charge on any atom is 0.304 e. The van der Waals surface area contributed by atoms with E-state index in [2.05, 4.69) is 0 Å². The van der Waals surface area contributed by atoms with Crippen molar-refractivity contribution >= 4 is 23.7 Å². The lowest BCUT2D eigenvalue weighted by Crippen LogP contribution is -2.22. The van der Waals surface area contributed by atoms with E-state index in [1.807, 2.05) is 0 Å². The topological polar surface area (TPSA) is 129 Å². The van der Waals surface area contributed by atoms with E-state index < -0.39 is 48.9 Å². The molecule has 0 aliphatic rings. The van der Waals surface area contributed by atoms with E-state index in [1.165, 1.54) is 0 Å². The first-order chi connectivity index (χ1) is 7.32. The van der Waals surface area contributed by atoms with Crippen LogP contribution in [0.25, 0.3) is 0 Å². The van der Waals surface area contributed by atoms with Crippen molar-refractivity contribution in [1.82, 2.24) is 0 Å². The molecule has 16 heavy (non-hydrogen) atoms. The van der Waals surface area contributed by atoms with Gasteiger partial charge in [-0.25, -0.2) is 0 Å². The molecule has 0 atom stereocenters. The Morgan fingerprint density at radius 1 is 0.750 bits per heavy atom. The molecule has 0 aliphatic heterocycles. The summed E-state index contributed by atoms with van der Waals surface area (Å²) >= 11 is 0.